The van der Waals surface area contributed by atoms with Crippen LogP contribution in [0.4, 0.5) is 0 Å². The van der Waals surface area contributed by atoms with Gasteiger partial charge < -0.3 is 5.32 Å². The molecule has 0 amide bonds. The molecule has 1 atom stereocenters. The highest BCUT2D eigenvalue weighted by Crippen LogP contribution is 2.41. The number of thiophene rings is 1. The van der Waals surface area contributed by atoms with Crippen LogP contribution in [0.3, 0.4) is 0 Å². The maximum atomic E-state index is 3.63. The second kappa shape index (κ2) is 5.78. The van der Waals surface area contributed by atoms with Crippen LogP contribution < -0.4 is 5.32 Å². The minimum Gasteiger partial charge on any atom is -0.312 e. The van der Waals surface area contributed by atoms with Crippen LogP contribution >= 0.6 is 27.3 Å². The zero-order valence-electron chi connectivity index (χ0n) is 11.8. The Morgan fingerprint density at radius 3 is 2.32 bits per heavy atom. The molecule has 1 aromatic carbocycles. The highest BCUT2D eigenvalue weighted by molar-refractivity contribution is 9.11. The number of aryl methyl sites for hydroxylation is 1. The summed E-state index contributed by atoms with van der Waals surface area (Å²) in [5.41, 5.74) is 2.72. The molecule has 0 aliphatic carbocycles. The van der Waals surface area contributed by atoms with Crippen molar-refractivity contribution in [2.45, 2.75) is 32.2 Å². The predicted octanol–water partition coefficient (Wildman–Crippen LogP) is 5.06. The molecule has 3 heteroatoms. The van der Waals surface area contributed by atoms with Crippen molar-refractivity contribution >= 4 is 27.3 Å². The van der Waals surface area contributed by atoms with Gasteiger partial charge in [-0.15, -0.1) is 11.3 Å². The van der Waals surface area contributed by atoms with Crippen LogP contribution in [0.25, 0.3) is 0 Å². The lowest BCUT2D eigenvalue weighted by molar-refractivity contribution is 0.373. The summed E-state index contributed by atoms with van der Waals surface area (Å²) in [6, 6.07) is 13.3. The monoisotopic (exact) mass is 337 g/mol. The molecule has 102 valence electrons. The molecule has 0 saturated carbocycles. The Kier molecular flexibility index (Phi) is 4.49. The first-order chi connectivity index (χ1) is 8.96. The quantitative estimate of drug-likeness (QED) is 0.822. The standard InChI is InChI=1S/C16H20BrNS/c1-11-10-13(19-15(11)17)14(18-4)16(2,3)12-8-6-5-7-9-12/h5-10,14,18H,1-4H3. The molecular formula is C16H20BrNS. The molecular weight excluding hydrogens is 318 g/mol. The molecule has 1 unspecified atom stereocenters. The van der Waals surface area contributed by atoms with Crippen molar-refractivity contribution in [2.75, 3.05) is 7.05 Å². The van der Waals surface area contributed by atoms with Gasteiger partial charge in [-0.3, -0.25) is 0 Å². The van der Waals surface area contributed by atoms with Crippen molar-refractivity contribution in [3.05, 3.63) is 56.2 Å². The maximum Gasteiger partial charge on any atom is 0.0731 e. The van der Waals surface area contributed by atoms with E-state index in [-0.39, 0.29) is 5.41 Å². The highest BCUT2D eigenvalue weighted by atomic mass is 79.9. The molecule has 0 bridgehead atoms. The van der Waals surface area contributed by atoms with Crippen molar-refractivity contribution in [2.24, 2.45) is 0 Å². The molecule has 0 fully saturated rings. The lowest BCUT2D eigenvalue weighted by atomic mass is 9.77. The van der Waals surface area contributed by atoms with Gasteiger partial charge in [-0.1, -0.05) is 44.2 Å². The molecule has 0 aliphatic heterocycles. The van der Waals surface area contributed by atoms with Crippen molar-refractivity contribution in [3.8, 4) is 0 Å². The Morgan fingerprint density at radius 1 is 1.21 bits per heavy atom. The van der Waals surface area contributed by atoms with Crippen LogP contribution in [0.1, 0.15) is 35.9 Å². The summed E-state index contributed by atoms with van der Waals surface area (Å²) in [5, 5.41) is 3.49. The number of likely N-dealkylation sites (N-methyl/N-ethyl adjacent to an activating group) is 1. The first kappa shape index (κ1) is 14.8. The smallest absolute Gasteiger partial charge is 0.0731 e. The summed E-state index contributed by atoms with van der Waals surface area (Å²) in [6.07, 6.45) is 0. The van der Waals surface area contributed by atoms with E-state index >= 15 is 0 Å². The third-order valence-corrected chi connectivity index (χ3v) is 5.89. The second-order valence-electron chi connectivity index (χ2n) is 5.41. The van der Waals surface area contributed by atoms with Crippen LogP contribution in [0, 0.1) is 6.92 Å². The van der Waals surface area contributed by atoms with E-state index in [9.17, 15) is 0 Å². The Bertz CT molecular complexity index is 526. The van der Waals surface area contributed by atoms with Gasteiger partial charge in [-0.2, -0.15) is 0 Å². The summed E-state index contributed by atoms with van der Waals surface area (Å²) in [6.45, 7) is 6.74. The van der Waals surface area contributed by atoms with Crippen LogP contribution in [-0.4, -0.2) is 7.05 Å². The summed E-state index contributed by atoms with van der Waals surface area (Å²) in [4.78, 5) is 1.38. The molecule has 1 aromatic heterocycles. The summed E-state index contributed by atoms with van der Waals surface area (Å²) in [7, 11) is 2.04. The van der Waals surface area contributed by atoms with E-state index in [1.165, 1.54) is 19.8 Å². The van der Waals surface area contributed by atoms with Crippen LogP contribution in [0.5, 0.6) is 0 Å². The summed E-state index contributed by atoms with van der Waals surface area (Å²) < 4.78 is 1.23. The molecule has 0 saturated heterocycles. The van der Waals surface area contributed by atoms with E-state index in [1.807, 2.05) is 18.4 Å². The van der Waals surface area contributed by atoms with Gasteiger partial charge in [0, 0.05) is 10.3 Å². The summed E-state index contributed by atoms with van der Waals surface area (Å²) >= 11 is 5.45. The van der Waals surface area contributed by atoms with Crippen LogP contribution in [0.15, 0.2) is 40.2 Å². The SMILES string of the molecule is CNC(c1cc(C)c(Br)s1)C(C)(C)c1ccccc1. The van der Waals surface area contributed by atoms with Crippen molar-refractivity contribution in [3.63, 3.8) is 0 Å². The van der Waals surface area contributed by atoms with E-state index in [1.54, 1.807) is 0 Å². The number of benzene rings is 1. The van der Waals surface area contributed by atoms with Crippen molar-refractivity contribution in [1.82, 2.24) is 5.32 Å². The molecule has 0 aliphatic rings. The van der Waals surface area contributed by atoms with Crippen molar-refractivity contribution < 1.29 is 0 Å². The molecule has 19 heavy (non-hydrogen) atoms. The van der Waals surface area contributed by atoms with E-state index in [0.717, 1.165) is 0 Å². The predicted molar refractivity (Wildman–Crippen MR) is 88.0 cm³/mol. The number of rotatable bonds is 4. The van der Waals surface area contributed by atoms with E-state index in [4.69, 9.17) is 0 Å². The Balaban J connectivity index is 2.41. The Morgan fingerprint density at radius 2 is 1.84 bits per heavy atom. The van der Waals surface area contributed by atoms with Gasteiger partial charge in [0.15, 0.2) is 0 Å². The minimum absolute atomic E-state index is 0.0484. The first-order valence-electron chi connectivity index (χ1n) is 6.45. The van der Waals surface area contributed by atoms with Crippen LogP contribution in [0.2, 0.25) is 0 Å². The molecule has 1 nitrogen and oxygen atoms in total. The fourth-order valence-electron chi connectivity index (χ4n) is 2.52. The topological polar surface area (TPSA) is 12.0 Å². The van der Waals surface area contributed by atoms with Crippen LogP contribution in [-0.2, 0) is 5.41 Å². The van der Waals surface area contributed by atoms with Gasteiger partial charge in [-0.05, 0) is 47.1 Å². The minimum atomic E-state index is 0.0484. The average Bonchev–Trinajstić information content (AvgIpc) is 2.71. The molecule has 2 aromatic rings. The van der Waals surface area contributed by atoms with Gasteiger partial charge in [0.1, 0.15) is 0 Å². The van der Waals surface area contributed by atoms with Gasteiger partial charge in [0.05, 0.1) is 9.83 Å². The molecule has 0 spiro atoms. The largest absolute Gasteiger partial charge is 0.312 e. The van der Waals surface area contributed by atoms with E-state index < -0.39 is 0 Å². The molecule has 1 N–H and O–H groups in total. The van der Waals surface area contributed by atoms with Gasteiger partial charge in [0.25, 0.3) is 0 Å². The highest BCUT2D eigenvalue weighted by Gasteiger charge is 2.32. The average molecular weight is 338 g/mol. The zero-order chi connectivity index (χ0) is 14.0. The van der Waals surface area contributed by atoms with E-state index in [2.05, 4.69) is 78.4 Å². The lowest BCUT2D eigenvalue weighted by Crippen LogP contribution is -2.35. The maximum absolute atomic E-state index is 3.63. The number of nitrogens with one attached hydrogen (secondary N) is 1. The zero-order valence-corrected chi connectivity index (χ0v) is 14.2. The van der Waals surface area contributed by atoms with Gasteiger partial charge in [0.2, 0.25) is 0 Å². The number of hydrogen-bond donors (Lipinski definition) is 1. The second-order valence-corrected chi connectivity index (χ2v) is 7.82. The number of halogens is 1. The van der Waals surface area contributed by atoms with Crippen molar-refractivity contribution in [1.29, 1.82) is 0 Å². The Hall–Kier alpha value is -0.640. The molecule has 2 rings (SSSR count). The first-order valence-corrected chi connectivity index (χ1v) is 8.06. The third kappa shape index (κ3) is 2.93. The van der Waals surface area contributed by atoms with E-state index in [0.29, 0.717) is 6.04 Å². The lowest BCUT2D eigenvalue weighted by Gasteiger charge is -2.34. The fraction of sp³-hybridized carbons (Fsp3) is 0.375. The normalized spacial score (nSPS) is 13.5. The Labute approximate surface area is 128 Å². The van der Waals surface area contributed by atoms with Gasteiger partial charge in [-0.25, -0.2) is 0 Å². The molecule has 0 radical (unpaired) electrons. The third-order valence-electron chi connectivity index (χ3n) is 3.69. The number of hydrogen-bond acceptors (Lipinski definition) is 2. The summed E-state index contributed by atoms with van der Waals surface area (Å²) in [5.74, 6) is 0. The fourth-order valence-corrected chi connectivity index (χ4v) is 4.39. The molecule has 1 heterocycles. The van der Waals surface area contributed by atoms with Gasteiger partial charge >= 0.3 is 0 Å².